The van der Waals surface area contributed by atoms with Crippen molar-refractivity contribution in [3.05, 3.63) is 46.5 Å². The molecule has 0 radical (unpaired) electrons. The van der Waals surface area contributed by atoms with Crippen LogP contribution in [0.1, 0.15) is 18.9 Å². The number of rotatable bonds is 1. The first-order valence-electron chi connectivity index (χ1n) is 6.36. The molecule has 2 aliphatic heterocycles. The van der Waals surface area contributed by atoms with Crippen molar-refractivity contribution in [1.82, 2.24) is 4.98 Å². The van der Waals surface area contributed by atoms with Crippen LogP contribution in [0.4, 0.5) is 4.79 Å². The highest BCUT2D eigenvalue weighted by Gasteiger charge is 2.49. The van der Waals surface area contributed by atoms with Gasteiger partial charge in [-0.05, 0) is 12.1 Å². The Morgan fingerprint density at radius 1 is 1.55 bits per heavy atom. The Morgan fingerprint density at radius 3 is 3.00 bits per heavy atom. The fraction of sp³-hybridized carbons (Fsp3) is 0.286. The fourth-order valence-electron chi connectivity index (χ4n) is 2.85. The van der Waals surface area contributed by atoms with Crippen LogP contribution in [-0.4, -0.2) is 27.1 Å². The van der Waals surface area contributed by atoms with Gasteiger partial charge in [-0.15, -0.1) is 11.8 Å². The number of hydrogen-bond acceptors (Lipinski definition) is 3. The van der Waals surface area contributed by atoms with E-state index in [1.165, 1.54) is 0 Å². The summed E-state index contributed by atoms with van der Waals surface area (Å²) in [7, 11) is 0. The molecule has 0 spiro atoms. The van der Waals surface area contributed by atoms with Gasteiger partial charge in [-0.3, -0.25) is 0 Å². The number of quaternary nitrogens is 1. The van der Waals surface area contributed by atoms with E-state index in [1.807, 2.05) is 19.1 Å². The molecule has 2 amide bonds. The van der Waals surface area contributed by atoms with Gasteiger partial charge >= 0.3 is 6.03 Å². The molecule has 3 rings (SSSR count). The number of allylic oxidation sites excluding steroid dienone is 4. The second-order valence-corrected chi connectivity index (χ2v) is 6.34. The number of carbonyl (C=O) groups excluding carboxylic acids is 1. The summed E-state index contributed by atoms with van der Waals surface area (Å²) in [6.45, 7) is 1.96. The van der Waals surface area contributed by atoms with Crippen LogP contribution < -0.4 is 5.73 Å². The number of carbonyl (C=O) groups is 1. The molecular formula is C14H15ClN3OS+. The second kappa shape index (κ2) is 4.91. The lowest BCUT2D eigenvalue weighted by atomic mass is 10.1. The van der Waals surface area contributed by atoms with Crippen molar-refractivity contribution in [3.63, 3.8) is 0 Å². The van der Waals surface area contributed by atoms with Crippen LogP contribution >= 0.6 is 23.4 Å². The van der Waals surface area contributed by atoms with E-state index in [-0.39, 0.29) is 10.5 Å². The predicted octanol–water partition coefficient (Wildman–Crippen LogP) is 3.35. The minimum Gasteiger partial charge on any atom is -0.318 e. The molecule has 0 aromatic carbocycles. The number of primary amides is 1. The molecule has 0 saturated carbocycles. The van der Waals surface area contributed by atoms with Crippen molar-refractivity contribution >= 4 is 35.0 Å². The zero-order chi connectivity index (χ0) is 14.3. The Labute approximate surface area is 126 Å². The van der Waals surface area contributed by atoms with Gasteiger partial charge in [-0.1, -0.05) is 11.6 Å². The van der Waals surface area contributed by atoms with Crippen molar-refractivity contribution < 1.29 is 9.28 Å². The van der Waals surface area contributed by atoms with Crippen molar-refractivity contribution in [1.29, 1.82) is 0 Å². The van der Waals surface area contributed by atoms with Crippen molar-refractivity contribution in [2.45, 2.75) is 13.3 Å². The van der Waals surface area contributed by atoms with Crippen LogP contribution in [0.3, 0.4) is 0 Å². The maximum atomic E-state index is 12.1. The molecular weight excluding hydrogens is 294 g/mol. The Balaban J connectivity index is 2.20. The van der Waals surface area contributed by atoms with Crippen LogP contribution in [0.5, 0.6) is 0 Å². The molecule has 3 heterocycles. The van der Waals surface area contributed by atoms with Gasteiger partial charge in [0.1, 0.15) is 22.4 Å². The minimum atomic E-state index is -0.323. The molecule has 1 aromatic heterocycles. The number of amides is 2. The predicted molar refractivity (Wildman–Crippen MR) is 81.7 cm³/mol. The van der Waals surface area contributed by atoms with Crippen molar-refractivity contribution in [3.8, 4) is 0 Å². The first-order valence-corrected chi connectivity index (χ1v) is 7.90. The van der Waals surface area contributed by atoms with Gasteiger partial charge < -0.3 is 5.73 Å². The summed E-state index contributed by atoms with van der Waals surface area (Å²) in [6, 6.07) is 3.45. The summed E-state index contributed by atoms with van der Waals surface area (Å²) in [5.41, 5.74) is 9.54. The average molecular weight is 309 g/mol. The third-order valence-corrected chi connectivity index (χ3v) is 5.34. The summed E-state index contributed by atoms with van der Waals surface area (Å²) in [5.74, 6) is 1.68. The van der Waals surface area contributed by atoms with E-state index < -0.39 is 0 Å². The molecule has 1 unspecified atom stereocenters. The summed E-state index contributed by atoms with van der Waals surface area (Å²) < 4.78 is 0.144. The Kier molecular flexibility index (Phi) is 3.36. The second-order valence-electron chi connectivity index (χ2n) is 4.91. The van der Waals surface area contributed by atoms with Crippen LogP contribution in [0.15, 0.2) is 35.8 Å². The average Bonchev–Trinajstić information content (AvgIpc) is 2.74. The molecule has 6 heteroatoms. The van der Waals surface area contributed by atoms with Crippen LogP contribution in [-0.2, 0) is 0 Å². The molecule has 0 aliphatic carbocycles. The summed E-state index contributed by atoms with van der Waals surface area (Å²) in [6.07, 6.45) is 4.58. The summed E-state index contributed by atoms with van der Waals surface area (Å²) in [5, 5.41) is 0.453. The molecule has 2 N–H and O–H groups in total. The number of pyridine rings is 1. The molecule has 104 valence electrons. The minimum absolute atomic E-state index is 0.144. The smallest absolute Gasteiger partial charge is 0.318 e. The van der Waals surface area contributed by atoms with E-state index in [0.717, 1.165) is 34.7 Å². The van der Waals surface area contributed by atoms with E-state index in [4.69, 9.17) is 17.3 Å². The maximum absolute atomic E-state index is 12.1. The summed E-state index contributed by atoms with van der Waals surface area (Å²) >= 11 is 7.94. The fourth-order valence-corrected chi connectivity index (χ4v) is 4.32. The quantitative estimate of drug-likeness (QED) is 0.639. The number of nitrogens with zero attached hydrogens (tertiary/aromatic N) is 2. The number of thioether (sulfide) groups is 1. The lowest BCUT2D eigenvalue weighted by Gasteiger charge is -2.35. The van der Waals surface area contributed by atoms with Gasteiger partial charge in [0.05, 0.1) is 0 Å². The summed E-state index contributed by atoms with van der Waals surface area (Å²) in [4.78, 5) is 16.2. The van der Waals surface area contributed by atoms with E-state index >= 15 is 0 Å². The maximum Gasteiger partial charge on any atom is 0.424 e. The van der Waals surface area contributed by atoms with E-state index in [2.05, 4.69) is 11.1 Å². The molecule has 4 nitrogen and oxygen atoms in total. The molecule has 2 aliphatic rings. The third-order valence-electron chi connectivity index (χ3n) is 3.98. The molecule has 1 saturated heterocycles. The number of halogens is 1. The number of urea groups is 1. The lowest BCUT2D eigenvalue weighted by Crippen LogP contribution is -2.53. The Bertz CT molecular complexity index is 656. The highest BCUT2D eigenvalue weighted by Crippen LogP contribution is 2.46. The molecule has 20 heavy (non-hydrogen) atoms. The van der Waals surface area contributed by atoms with Crippen LogP contribution in [0.2, 0.25) is 5.15 Å². The van der Waals surface area contributed by atoms with Crippen molar-refractivity contribution in [2.75, 3.05) is 11.6 Å². The van der Waals surface area contributed by atoms with Gasteiger partial charge in [0.2, 0.25) is 0 Å². The highest BCUT2D eigenvalue weighted by molar-refractivity contribution is 7.99. The topological polar surface area (TPSA) is 56.0 Å². The lowest BCUT2D eigenvalue weighted by molar-refractivity contribution is -0.755. The molecule has 1 fully saturated rings. The Morgan fingerprint density at radius 2 is 2.35 bits per heavy atom. The van der Waals surface area contributed by atoms with Crippen molar-refractivity contribution in [2.24, 2.45) is 5.73 Å². The first-order chi connectivity index (χ1) is 9.57. The monoisotopic (exact) mass is 308 g/mol. The molecule has 0 bridgehead atoms. The normalized spacial score (nSPS) is 25.4. The van der Waals surface area contributed by atoms with Gasteiger partial charge in [0.25, 0.3) is 0 Å². The number of aromatic nitrogens is 1. The zero-order valence-corrected chi connectivity index (χ0v) is 12.7. The number of hydrogen-bond donors (Lipinski definition) is 1. The van der Waals surface area contributed by atoms with Gasteiger partial charge in [0.15, 0.2) is 0 Å². The van der Waals surface area contributed by atoms with E-state index in [9.17, 15) is 4.79 Å². The van der Waals surface area contributed by atoms with Gasteiger partial charge in [-0.2, -0.15) is 4.48 Å². The zero-order valence-electron chi connectivity index (χ0n) is 11.1. The van der Waals surface area contributed by atoms with E-state index in [0.29, 0.717) is 11.0 Å². The van der Waals surface area contributed by atoms with Crippen LogP contribution in [0.25, 0.3) is 5.57 Å². The number of fused-ring (bicyclic) bond motifs is 1. The standard InChI is InChI=1S/C14H14ClN3OS/c1-9-12(11-3-2-5-17-13(11)15)7-10-4-6-20-8-18(9,10)14(16)19/h2-3,5,7H,4,6,8H2,1H3,(H-,16,19)/p+1. The van der Waals surface area contributed by atoms with Gasteiger partial charge in [-0.25, -0.2) is 9.78 Å². The molecule has 1 atom stereocenters. The van der Waals surface area contributed by atoms with Gasteiger partial charge in [0, 0.05) is 42.5 Å². The third kappa shape index (κ3) is 1.81. The number of nitrogens with two attached hydrogens (primary N) is 1. The van der Waals surface area contributed by atoms with E-state index in [1.54, 1.807) is 18.0 Å². The first kappa shape index (κ1) is 13.7. The largest absolute Gasteiger partial charge is 0.424 e. The SMILES string of the molecule is CC1=C(c2cccnc2Cl)C=C2CCSC[N+]21C(N)=O. The Hall–Kier alpha value is -1.30. The van der Waals surface area contributed by atoms with Crippen LogP contribution in [0, 0.1) is 0 Å². The highest BCUT2D eigenvalue weighted by atomic mass is 35.5. The molecule has 1 aromatic rings.